The van der Waals surface area contributed by atoms with E-state index in [9.17, 15) is 4.79 Å². The number of rotatable bonds is 7. The molecular weight excluding hydrogens is 250 g/mol. The first-order valence-corrected chi connectivity index (χ1v) is 6.62. The van der Waals surface area contributed by atoms with Crippen LogP contribution in [0.3, 0.4) is 0 Å². The van der Waals surface area contributed by atoms with Gasteiger partial charge >= 0.3 is 5.97 Å². The molecule has 0 aliphatic carbocycles. The second-order valence-corrected chi connectivity index (χ2v) is 4.79. The van der Waals surface area contributed by atoms with Crippen molar-refractivity contribution in [3.8, 4) is 0 Å². The summed E-state index contributed by atoms with van der Waals surface area (Å²) in [6.45, 7) is 2.76. The van der Waals surface area contributed by atoms with E-state index in [-0.39, 0.29) is 0 Å². The van der Waals surface area contributed by atoms with Gasteiger partial charge in [-0.25, -0.2) is 4.79 Å². The highest BCUT2D eigenvalue weighted by molar-refractivity contribution is 7.84. The maximum absolute atomic E-state index is 11.1. The molecule has 1 rings (SSSR count). The highest BCUT2D eigenvalue weighted by Gasteiger charge is 2.23. The Morgan fingerprint density at radius 3 is 2.94 bits per heavy atom. The lowest BCUT2D eigenvalue weighted by atomic mass is 10.1. The Labute approximate surface area is 113 Å². The molecule has 0 saturated heterocycles. The molecule has 1 unspecified atom stereocenters. The Bertz CT molecular complexity index is 355. The summed E-state index contributed by atoms with van der Waals surface area (Å²) in [5, 5.41) is 13.1. The standard InChI is InChI=1S/C12H21N3O2S/c1-3-4-5-6-13-10(12(16)17)7-9-11(18)15(2)8-14-9/h6,10,14,18H,3-5,7-8H2,1-2H3,(H,16,17). The van der Waals surface area contributed by atoms with E-state index >= 15 is 0 Å². The SMILES string of the molecule is CCCCC=NC(CC1=C(S)N(C)CN1)C(=O)O. The van der Waals surface area contributed by atoms with Crippen LogP contribution in [-0.2, 0) is 4.79 Å². The van der Waals surface area contributed by atoms with E-state index in [1.54, 1.807) is 6.21 Å². The Kier molecular flexibility index (Phi) is 6.04. The van der Waals surface area contributed by atoms with Crippen LogP contribution in [0.2, 0.25) is 0 Å². The van der Waals surface area contributed by atoms with Crippen LogP contribution in [0, 0.1) is 0 Å². The fourth-order valence-corrected chi connectivity index (χ4v) is 1.90. The molecule has 102 valence electrons. The van der Waals surface area contributed by atoms with Gasteiger partial charge in [0.25, 0.3) is 0 Å². The van der Waals surface area contributed by atoms with E-state index in [2.05, 4.69) is 29.9 Å². The number of aliphatic carboxylic acids is 1. The topological polar surface area (TPSA) is 64.9 Å². The van der Waals surface area contributed by atoms with Crippen molar-refractivity contribution in [2.75, 3.05) is 13.7 Å². The summed E-state index contributed by atoms with van der Waals surface area (Å²) < 4.78 is 0. The summed E-state index contributed by atoms with van der Waals surface area (Å²) in [5.41, 5.74) is 0.848. The van der Waals surface area contributed by atoms with Gasteiger partial charge in [0.05, 0.1) is 11.7 Å². The molecule has 1 aliphatic rings. The second kappa shape index (κ2) is 7.31. The molecular formula is C12H21N3O2S. The minimum atomic E-state index is -0.896. The average Bonchev–Trinajstić information content (AvgIpc) is 2.64. The third-order valence-electron chi connectivity index (χ3n) is 2.82. The van der Waals surface area contributed by atoms with Gasteiger partial charge in [0.2, 0.25) is 0 Å². The first kappa shape index (κ1) is 14.9. The zero-order valence-electron chi connectivity index (χ0n) is 10.9. The van der Waals surface area contributed by atoms with Gasteiger partial charge in [-0.2, -0.15) is 0 Å². The van der Waals surface area contributed by atoms with Gasteiger partial charge in [0.1, 0.15) is 0 Å². The zero-order chi connectivity index (χ0) is 13.5. The minimum Gasteiger partial charge on any atom is -0.480 e. The zero-order valence-corrected chi connectivity index (χ0v) is 11.8. The smallest absolute Gasteiger partial charge is 0.328 e. The third-order valence-corrected chi connectivity index (χ3v) is 3.43. The summed E-state index contributed by atoms with van der Waals surface area (Å²) in [6, 6.07) is -0.724. The van der Waals surface area contributed by atoms with Crippen LogP contribution in [0.25, 0.3) is 0 Å². The van der Waals surface area contributed by atoms with Gasteiger partial charge < -0.3 is 15.3 Å². The molecule has 0 fully saturated rings. The lowest BCUT2D eigenvalue weighted by Gasteiger charge is -2.10. The highest BCUT2D eigenvalue weighted by Crippen LogP contribution is 2.21. The summed E-state index contributed by atoms with van der Waals surface area (Å²) in [5.74, 6) is -0.896. The molecule has 1 aliphatic heterocycles. The van der Waals surface area contributed by atoms with Gasteiger partial charge in [-0.3, -0.25) is 4.99 Å². The molecule has 1 heterocycles. The molecule has 5 nitrogen and oxygen atoms in total. The third kappa shape index (κ3) is 4.25. The number of carboxylic acid groups (broad SMARTS) is 1. The van der Waals surface area contributed by atoms with Crippen LogP contribution in [-0.4, -0.2) is 41.9 Å². The largest absolute Gasteiger partial charge is 0.480 e. The second-order valence-electron chi connectivity index (χ2n) is 4.37. The van der Waals surface area contributed by atoms with E-state index in [1.807, 2.05) is 11.9 Å². The fourth-order valence-electron chi connectivity index (χ4n) is 1.66. The van der Waals surface area contributed by atoms with Crippen LogP contribution in [0.4, 0.5) is 0 Å². The summed E-state index contributed by atoms with van der Waals surface area (Å²) >= 11 is 4.35. The number of carbonyl (C=O) groups is 1. The highest BCUT2D eigenvalue weighted by atomic mass is 32.1. The number of nitrogens with one attached hydrogen (secondary N) is 1. The van der Waals surface area contributed by atoms with Gasteiger partial charge in [-0.05, 0) is 19.1 Å². The van der Waals surface area contributed by atoms with E-state index in [4.69, 9.17) is 5.11 Å². The van der Waals surface area contributed by atoms with Crippen LogP contribution in [0.1, 0.15) is 32.6 Å². The van der Waals surface area contributed by atoms with Crippen molar-refractivity contribution >= 4 is 24.8 Å². The number of carboxylic acids is 1. The fraction of sp³-hybridized carbons (Fsp3) is 0.667. The summed E-state index contributed by atoms with van der Waals surface area (Å²) in [6.07, 6.45) is 5.04. The van der Waals surface area contributed by atoms with Crippen molar-refractivity contribution < 1.29 is 9.90 Å². The lowest BCUT2D eigenvalue weighted by molar-refractivity contribution is -0.138. The van der Waals surface area contributed by atoms with E-state index in [0.717, 1.165) is 30.0 Å². The molecule has 2 N–H and O–H groups in total. The van der Waals surface area contributed by atoms with Gasteiger partial charge in [0.15, 0.2) is 6.04 Å². The van der Waals surface area contributed by atoms with Crippen molar-refractivity contribution in [1.29, 1.82) is 0 Å². The number of nitrogens with zero attached hydrogens (tertiary/aromatic N) is 2. The molecule has 0 aromatic heterocycles. The molecule has 0 radical (unpaired) electrons. The van der Waals surface area contributed by atoms with Crippen molar-refractivity contribution in [2.24, 2.45) is 4.99 Å². The molecule has 0 bridgehead atoms. The minimum absolute atomic E-state index is 0.362. The Morgan fingerprint density at radius 1 is 1.72 bits per heavy atom. The molecule has 0 aromatic rings. The van der Waals surface area contributed by atoms with Crippen molar-refractivity contribution in [2.45, 2.75) is 38.6 Å². The maximum Gasteiger partial charge on any atom is 0.328 e. The number of hydrogen-bond donors (Lipinski definition) is 3. The predicted octanol–water partition coefficient (Wildman–Crippen LogP) is 1.68. The van der Waals surface area contributed by atoms with Crippen LogP contribution in [0.5, 0.6) is 0 Å². The van der Waals surface area contributed by atoms with Crippen LogP contribution in [0.15, 0.2) is 15.7 Å². The lowest BCUT2D eigenvalue weighted by Crippen LogP contribution is -2.23. The number of unbranched alkanes of at least 4 members (excludes halogenated alkanes) is 2. The molecule has 1 atom stereocenters. The van der Waals surface area contributed by atoms with Crippen LogP contribution < -0.4 is 5.32 Å². The van der Waals surface area contributed by atoms with Gasteiger partial charge in [-0.15, -0.1) is 12.6 Å². The molecule has 6 heteroatoms. The molecule has 0 amide bonds. The number of aliphatic imine (C=N–C) groups is 1. The van der Waals surface area contributed by atoms with Gasteiger partial charge in [0, 0.05) is 19.2 Å². The number of thiol groups is 1. The first-order chi connectivity index (χ1) is 8.56. The van der Waals surface area contributed by atoms with E-state index in [0.29, 0.717) is 13.1 Å². The predicted molar refractivity (Wildman–Crippen MR) is 75.8 cm³/mol. The van der Waals surface area contributed by atoms with E-state index in [1.165, 1.54) is 0 Å². The molecule has 0 spiro atoms. The average molecular weight is 271 g/mol. The van der Waals surface area contributed by atoms with Crippen molar-refractivity contribution in [1.82, 2.24) is 10.2 Å². The van der Waals surface area contributed by atoms with E-state index < -0.39 is 12.0 Å². The molecule has 0 aromatic carbocycles. The van der Waals surface area contributed by atoms with Crippen LogP contribution >= 0.6 is 12.6 Å². The van der Waals surface area contributed by atoms with Gasteiger partial charge in [-0.1, -0.05) is 13.3 Å². The quantitative estimate of drug-likeness (QED) is 0.374. The van der Waals surface area contributed by atoms with Crippen molar-refractivity contribution in [3.63, 3.8) is 0 Å². The Balaban J connectivity index is 2.59. The monoisotopic (exact) mass is 271 g/mol. The molecule has 18 heavy (non-hydrogen) atoms. The molecule has 0 saturated carbocycles. The first-order valence-electron chi connectivity index (χ1n) is 6.17. The normalized spacial score (nSPS) is 17.4. The van der Waals surface area contributed by atoms with Crippen molar-refractivity contribution in [3.05, 3.63) is 10.7 Å². The Morgan fingerprint density at radius 2 is 2.44 bits per heavy atom. The summed E-state index contributed by atoms with van der Waals surface area (Å²) in [4.78, 5) is 17.2. The summed E-state index contributed by atoms with van der Waals surface area (Å²) in [7, 11) is 1.91. The number of hydrogen-bond acceptors (Lipinski definition) is 5. The maximum atomic E-state index is 11.1. The Hall–Kier alpha value is -1.17.